The number of anilines is 1. The third-order valence-corrected chi connectivity index (χ3v) is 4.51. The number of methoxy groups -OCH3 is 1. The van der Waals surface area contributed by atoms with Crippen LogP contribution < -0.4 is 9.46 Å². The molecule has 0 radical (unpaired) electrons. The monoisotopic (exact) mass is 379 g/mol. The van der Waals surface area contributed by atoms with Gasteiger partial charge in [0.2, 0.25) is 0 Å². The lowest BCUT2D eigenvalue weighted by Crippen LogP contribution is -2.14. The quantitative estimate of drug-likeness (QED) is 0.854. The molecule has 2 rings (SSSR count). The zero-order chi connectivity index (χ0) is 14.9. The normalized spacial score (nSPS) is 11.4. The van der Waals surface area contributed by atoms with Crippen LogP contribution in [0.3, 0.4) is 0 Å². The Bertz CT molecular complexity index is 745. The Balaban J connectivity index is 2.44. The van der Waals surface area contributed by atoms with Gasteiger partial charge in [-0.15, -0.1) is 0 Å². The molecule has 0 aliphatic rings. The fourth-order valence-electron chi connectivity index (χ4n) is 1.58. The van der Waals surface area contributed by atoms with Crippen molar-refractivity contribution in [2.24, 2.45) is 0 Å². The topological polar surface area (TPSA) is 84.1 Å². The number of nitrogens with one attached hydrogen (secondary N) is 2. The molecule has 0 fully saturated rings. The number of imidazole rings is 1. The maximum Gasteiger partial charge on any atom is 0.279 e. The van der Waals surface area contributed by atoms with E-state index in [9.17, 15) is 8.42 Å². The first-order valence-corrected chi connectivity index (χ1v) is 8.06. The second-order valence-corrected chi connectivity index (χ2v) is 6.85. The van der Waals surface area contributed by atoms with Crippen LogP contribution in [0.1, 0.15) is 5.82 Å². The molecule has 0 saturated heterocycles. The van der Waals surface area contributed by atoms with Crippen LogP contribution in [0.5, 0.6) is 5.75 Å². The van der Waals surface area contributed by atoms with Gasteiger partial charge < -0.3 is 9.72 Å². The standard InChI is InChI=1S/C11H11BrClN3O3S/c1-6-14-5-10(15-6)20(17,18)16-9-4-7(13)3-8(12)11(9)19-2/h3-5,16H,1-2H3,(H,14,15). The summed E-state index contributed by atoms with van der Waals surface area (Å²) in [4.78, 5) is 6.52. The first-order chi connectivity index (χ1) is 9.33. The van der Waals surface area contributed by atoms with E-state index >= 15 is 0 Å². The Kier molecular flexibility index (Phi) is 4.26. The molecule has 0 aliphatic heterocycles. The Labute approximate surface area is 129 Å². The minimum atomic E-state index is -3.79. The summed E-state index contributed by atoms with van der Waals surface area (Å²) in [6, 6.07) is 3.07. The summed E-state index contributed by atoms with van der Waals surface area (Å²) in [6.07, 6.45) is 1.24. The van der Waals surface area contributed by atoms with E-state index in [-0.39, 0.29) is 10.7 Å². The summed E-state index contributed by atoms with van der Waals surface area (Å²) >= 11 is 9.18. The zero-order valence-electron chi connectivity index (χ0n) is 10.6. The Morgan fingerprint density at radius 3 is 2.70 bits per heavy atom. The summed E-state index contributed by atoms with van der Waals surface area (Å²) < 4.78 is 32.5. The van der Waals surface area contributed by atoms with Crippen LogP contribution in [0.25, 0.3) is 0 Å². The van der Waals surface area contributed by atoms with Gasteiger partial charge in [0.15, 0.2) is 10.8 Å². The molecular formula is C11H11BrClN3O3S. The van der Waals surface area contributed by atoms with Gasteiger partial charge in [0, 0.05) is 5.02 Å². The third kappa shape index (κ3) is 3.08. The number of ether oxygens (including phenoxy) is 1. The van der Waals surface area contributed by atoms with E-state index in [4.69, 9.17) is 16.3 Å². The van der Waals surface area contributed by atoms with E-state index in [2.05, 4.69) is 30.6 Å². The summed E-state index contributed by atoms with van der Waals surface area (Å²) in [5.41, 5.74) is 0.235. The van der Waals surface area contributed by atoms with Gasteiger partial charge in [-0.25, -0.2) is 4.98 Å². The van der Waals surface area contributed by atoms with E-state index in [1.807, 2.05) is 0 Å². The molecule has 1 aromatic heterocycles. The van der Waals surface area contributed by atoms with Crippen molar-refractivity contribution < 1.29 is 13.2 Å². The van der Waals surface area contributed by atoms with Crippen LogP contribution in [0.15, 0.2) is 27.8 Å². The molecule has 0 bridgehead atoms. The maximum atomic E-state index is 12.2. The number of H-pyrrole nitrogens is 1. The summed E-state index contributed by atoms with van der Waals surface area (Å²) in [6.45, 7) is 1.66. The molecule has 0 spiro atoms. The van der Waals surface area contributed by atoms with Gasteiger partial charge in [-0.1, -0.05) is 11.6 Å². The average molecular weight is 381 g/mol. The van der Waals surface area contributed by atoms with Crippen LogP contribution in [0.2, 0.25) is 5.02 Å². The van der Waals surface area contributed by atoms with Crippen LogP contribution in [-0.2, 0) is 10.0 Å². The maximum absolute atomic E-state index is 12.2. The first kappa shape index (κ1) is 15.1. The lowest BCUT2D eigenvalue weighted by atomic mass is 10.3. The van der Waals surface area contributed by atoms with Crippen molar-refractivity contribution in [3.8, 4) is 5.75 Å². The Hall–Kier alpha value is -1.25. The fraction of sp³-hybridized carbons (Fsp3) is 0.182. The number of aryl methyl sites for hydroxylation is 1. The molecule has 0 atom stereocenters. The predicted molar refractivity (Wildman–Crippen MR) is 79.8 cm³/mol. The molecule has 9 heteroatoms. The van der Waals surface area contributed by atoms with Crippen LogP contribution in [0, 0.1) is 6.92 Å². The molecule has 1 aromatic carbocycles. The van der Waals surface area contributed by atoms with Gasteiger partial charge in [-0.3, -0.25) is 4.72 Å². The first-order valence-electron chi connectivity index (χ1n) is 5.41. The minimum Gasteiger partial charge on any atom is -0.493 e. The van der Waals surface area contributed by atoms with Gasteiger partial charge in [0.25, 0.3) is 10.0 Å². The van der Waals surface area contributed by atoms with E-state index in [0.717, 1.165) is 0 Å². The van der Waals surface area contributed by atoms with Crippen molar-refractivity contribution in [1.29, 1.82) is 0 Å². The minimum absolute atomic E-state index is 0.0341. The van der Waals surface area contributed by atoms with E-state index < -0.39 is 10.0 Å². The molecule has 0 aliphatic carbocycles. The number of halogens is 2. The summed E-state index contributed by atoms with van der Waals surface area (Å²) in [5.74, 6) is 0.846. The van der Waals surface area contributed by atoms with Crippen molar-refractivity contribution in [2.75, 3.05) is 11.8 Å². The highest BCUT2D eigenvalue weighted by atomic mass is 79.9. The molecule has 0 unspecified atom stereocenters. The average Bonchev–Trinajstić information content (AvgIpc) is 2.75. The summed E-state index contributed by atoms with van der Waals surface area (Å²) in [5, 5.41) is 0.337. The van der Waals surface area contributed by atoms with Gasteiger partial charge in [-0.05, 0) is 35.0 Å². The van der Waals surface area contributed by atoms with Crippen LogP contribution in [-0.4, -0.2) is 25.5 Å². The van der Waals surface area contributed by atoms with Crippen molar-refractivity contribution in [3.63, 3.8) is 0 Å². The molecule has 6 nitrogen and oxygen atoms in total. The molecular weight excluding hydrogens is 370 g/mol. The molecule has 1 heterocycles. The fourth-order valence-corrected chi connectivity index (χ4v) is 3.57. The summed E-state index contributed by atoms with van der Waals surface area (Å²) in [7, 11) is -2.35. The van der Waals surface area contributed by atoms with Crippen molar-refractivity contribution >= 4 is 43.2 Å². The highest BCUT2D eigenvalue weighted by Crippen LogP contribution is 2.37. The van der Waals surface area contributed by atoms with E-state index in [1.165, 1.54) is 19.4 Å². The SMILES string of the molecule is COc1c(Br)cc(Cl)cc1NS(=O)(=O)c1cnc(C)[nH]1. The zero-order valence-corrected chi connectivity index (χ0v) is 13.7. The number of sulfonamides is 1. The number of hydrogen-bond acceptors (Lipinski definition) is 4. The van der Waals surface area contributed by atoms with E-state index in [0.29, 0.717) is 21.1 Å². The van der Waals surface area contributed by atoms with Crippen LogP contribution in [0.4, 0.5) is 5.69 Å². The Morgan fingerprint density at radius 1 is 1.45 bits per heavy atom. The number of nitrogens with zero attached hydrogens (tertiary/aromatic N) is 1. The molecule has 2 N–H and O–H groups in total. The Morgan fingerprint density at radius 2 is 2.15 bits per heavy atom. The number of aromatic nitrogens is 2. The number of aromatic amines is 1. The van der Waals surface area contributed by atoms with E-state index in [1.54, 1.807) is 13.0 Å². The highest BCUT2D eigenvalue weighted by Gasteiger charge is 2.20. The van der Waals surface area contributed by atoms with Gasteiger partial charge in [-0.2, -0.15) is 8.42 Å². The smallest absolute Gasteiger partial charge is 0.279 e. The molecule has 108 valence electrons. The second kappa shape index (κ2) is 5.63. The number of benzene rings is 1. The predicted octanol–water partition coefficient (Wildman–Crippen LogP) is 2.94. The third-order valence-electron chi connectivity index (χ3n) is 2.43. The van der Waals surface area contributed by atoms with Gasteiger partial charge >= 0.3 is 0 Å². The lowest BCUT2D eigenvalue weighted by Gasteiger charge is -2.12. The molecule has 0 amide bonds. The second-order valence-electron chi connectivity index (χ2n) is 3.91. The van der Waals surface area contributed by atoms with Crippen molar-refractivity contribution in [1.82, 2.24) is 9.97 Å². The van der Waals surface area contributed by atoms with Gasteiger partial charge in [0.05, 0.1) is 23.5 Å². The molecule has 20 heavy (non-hydrogen) atoms. The molecule has 2 aromatic rings. The van der Waals surface area contributed by atoms with Gasteiger partial charge in [0.1, 0.15) is 5.82 Å². The number of hydrogen-bond donors (Lipinski definition) is 2. The largest absolute Gasteiger partial charge is 0.493 e. The highest BCUT2D eigenvalue weighted by molar-refractivity contribution is 9.10. The van der Waals surface area contributed by atoms with Crippen molar-refractivity contribution in [3.05, 3.63) is 33.6 Å². The molecule has 0 saturated carbocycles. The lowest BCUT2D eigenvalue weighted by molar-refractivity contribution is 0.414. The van der Waals surface area contributed by atoms with Crippen molar-refractivity contribution in [2.45, 2.75) is 11.9 Å². The van der Waals surface area contributed by atoms with Crippen LogP contribution >= 0.6 is 27.5 Å². The number of rotatable bonds is 4.